The van der Waals surface area contributed by atoms with Gasteiger partial charge in [0.1, 0.15) is 17.3 Å². The van der Waals surface area contributed by atoms with Gasteiger partial charge in [0.2, 0.25) is 0 Å². The minimum Gasteiger partial charge on any atom is -0.507 e. The van der Waals surface area contributed by atoms with Crippen LogP contribution in [0.4, 0.5) is 23.4 Å². The molecule has 30 heavy (non-hydrogen) atoms. The van der Waals surface area contributed by atoms with Gasteiger partial charge in [0.15, 0.2) is 5.82 Å². The summed E-state index contributed by atoms with van der Waals surface area (Å²) >= 11 is 0. The van der Waals surface area contributed by atoms with Crippen molar-refractivity contribution in [1.82, 2.24) is 15.2 Å². The van der Waals surface area contributed by atoms with E-state index < -0.39 is 35.0 Å². The molecule has 10 heteroatoms. The van der Waals surface area contributed by atoms with E-state index in [2.05, 4.69) is 20.5 Å². The molecule has 6 nitrogen and oxygen atoms in total. The number of aliphatic hydroxyl groups excluding tert-OH is 1. The van der Waals surface area contributed by atoms with Crippen LogP contribution in [0, 0.1) is 5.82 Å². The molecule has 1 saturated carbocycles. The van der Waals surface area contributed by atoms with E-state index in [1.807, 2.05) is 0 Å². The number of phenols is 1. The molecule has 0 unspecified atom stereocenters. The topological polar surface area (TPSA) is 91.2 Å². The SMILES string of the molecule is Oc1cc(C(F)(F)F)cc(F)c1-c1nnc(N[C@@H]2CCC[C@H](O)C2)c2cnccc12. The highest BCUT2D eigenvalue weighted by molar-refractivity contribution is 6.00. The molecule has 4 rings (SSSR count). The summed E-state index contributed by atoms with van der Waals surface area (Å²) in [5.41, 5.74) is -1.86. The molecule has 0 radical (unpaired) electrons. The van der Waals surface area contributed by atoms with Crippen LogP contribution in [0.1, 0.15) is 31.2 Å². The van der Waals surface area contributed by atoms with Gasteiger partial charge in [-0.15, -0.1) is 10.2 Å². The second-order valence-electron chi connectivity index (χ2n) is 7.33. The van der Waals surface area contributed by atoms with Crippen molar-refractivity contribution in [2.24, 2.45) is 0 Å². The third-order valence-corrected chi connectivity index (χ3v) is 5.20. The van der Waals surface area contributed by atoms with Crippen LogP contribution in [0.2, 0.25) is 0 Å². The normalized spacial score (nSPS) is 19.8. The van der Waals surface area contributed by atoms with E-state index in [9.17, 15) is 27.8 Å². The first-order valence-corrected chi connectivity index (χ1v) is 9.39. The quantitative estimate of drug-likeness (QED) is 0.546. The molecule has 0 spiro atoms. The Hall–Kier alpha value is -3.01. The largest absolute Gasteiger partial charge is 0.507 e. The molecule has 158 valence electrons. The fourth-order valence-corrected chi connectivity index (χ4v) is 3.77. The molecule has 0 amide bonds. The van der Waals surface area contributed by atoms with Gasteiger partial charge in [-0.2, -0.15) is 13.2 Å². The smallest absolute Gasteiger partial charge is 0.416 e. The molecule has 1 fully saturated rings. The molecule has 1 aromatic carbocycles. The van der Waals surface area contributed by atoms with Crippen LogP contribution in [0.25, 0.3) is 22.0 Å². The monoisotopic (exact) mass is 422 g/mol. The first-order valence-electron chi connectivity index (χ1n) is 9.39. The fourth-order valence-electron chi connectivity index (χ4n) is 3.77. The van der Waals surface area contributed by atoms with Gasteiger partial charge in [0.25, 0.3) is 0 Å². The number of rotatable bonds is 3. The predicted octanol–water partition coefficient (Wildman–Crippen LogP) is 4.27. The number of fused-ring (bicyclic) bond motifs is 1. The van der Waals surface area contributed by atoms with Gasteiger partial charge in [-0.05, 0) is 43.9 Å². The second-order valence-corrected chi connectivity index (χ2v) is 7.33. The lowest BCUT2D eigenvalue weighted by Crippen LogP contribution is -2.30. The summed E-state index contributed by atoms with van der Waals surface area (Å²) < 4.78 is 53.3. The minimum absolute atomic E-state index is 0.0338. The first kappa shape index (κ1) is 20.3. The van der Waals surface area contributed by atoms with Gasteiger partial charge in [-0.1, -0.05) is 0 Å². The van der Waals surface area contributed by atoms with Crippen LogP contribution >= 0.6 is 0 Å². The number of aromatic nitrogens is 3. The summed E-state index contributed by atoms with van der Waals surface area (Å²) in [6, 6.07) is 2.27. The summed E-state index contributed by atoms with van der Waals surface area (Å²) in [6.45, 7) is 0. The number of aliphatic hydroxyl groups is 1. The van der Waals surface area contributed by atoms with Crippen molar-refractivity contribution >= 4 is 16.6 Å². The summed E-state index contributed by atoms with van der Waals surface area (Å²) in [4.78, 5) is 4.05. The lowest BCUT2D eigenvalue weighted by molar-refractivity contribution is -0.137. The molecule has 3 N–H and O–H groups in total. The van der Waals surface area contributed by atoms with Crippen LogP contribution in [-0.4, -0.2) is 37.5 Å². The van der Waals surface area contributed by atoms with Crippen LogP contribution in [-0.2, 0) is 6.18 Å². The zero-order valence-corrected chi connectivity index (χ0v) is 15.6. The lowest BCUT2D eigenvalue weighted by Gasteiger charge is -2.27. The van der Waals surface area contributed by atoms with Gasteiger partial charge in [-0.25, -0.2) is 4.39 Å². The van der Waals surface area contributed by atoms with Crippen molar-refractivity contribution in [3.63, 3.8) is 0 Å². The number of nitrogens with zero attached hydrogens (tertiary/aromatic N) is 3. The Balaban J connectivity index is 1.79. The molecule has 2 aromatic heterocycles. The van der Waals surface area contributed by atoms with E-state index in [0.29, 0.717) is 35.1 Å². The number of pyridine rings is 1. The van der Waals surface area contributed by atoms with E-state index in [1.54, 1.807) is 0 Å². The number of halogens is 4. The number of hydrogen-bond donors (Lipinski definition) is 3. The highest BCUT2D eigenvalue weighted by atomic mass is 19.4. The van der Waals surface area contributed by atoms with Crippen LogP contribution in [0.5, 0.6) is 5.75 Å². The maximum atomic E-state index is 14.6. The van der Waals surface area contributed by atoms with Gasteiger partial charge < -0.3 is 15.5 Å². The van der Waals surface area contributed by atoms with Gasteiger partial charge in [0, 0.05) is 29.2 Å². The van der Waals surface area contributed by atoms with E-state index in [1.165, 1.54) is 18.5 Å². The molecule has 0 bridgehead atoms. The Morgan fingerprint density at radius 3 is 2.60 bits per heavy atom. The number of nitrogens with one attached hydrogen (secondary N) is 1. The molecular formula is C20H18F4N4O2. The van der Waals surface area contributed by atoms with E-state index in [4.69, 9.17) is 0 Å². The maximum Gasteiger partial charge on any atom is 0.416 e. The van der Waals surface area contributed by atoms with E-state index >= 15 is 0 Å². The van der Waals surface area contributed by atoms with E-state index in [0.717, 1.165) is 19.3 Å². The predicted molar refractivity (Wildman–Crippen MR) is 101 cm³/mol. The molecule has 1 aliphatic rings. The summed E-state index contributed by atoms with van der Waals surface area (Å²) in [6.07, 6.45) is 0.659. The summed E-state index contributed by atoms with van der Waals surface area (Å²) in [5.74, 6) is -1.77. The van der Waals surface area contributed by atoms with Crippen molar-refractivity contribution in [3.05, 3.63) is 42.0 Å². The second kappa shape index (κ2) is 7.67. The molecule has 2 heterocycles. The van der Waals surface area contributed by atoms with Crippen LogP contribution in [0.15, 0.2) is 30.6 Å². The van der Waals surface area contributed by atoms with Crippen molar-refractivity contribution < 1.29 is 27.8 Å². The Morgan fingerprint density at radius 1 is 1.10 bits per heavy atom. The Bertz CT molecular complexity index is 1070. The Labute approximate surface area is 168 Å². The number of benzene rings is 1. The van der Waals surface area contributed by atoms with Crippen LogP contribution < -0.4 is 5.32 Å². The zero-order chi connectivity index (χ0) is 21.5. The van der Waals surface area contributed by atoms with Crippen molar-refractivity contribution in [3.8, 4) is 17.0 Å². The molecular weight excluding hydrogens is 404 g/mol. The lowest BCUT2D eigenvalue weighted by atomic mass is 9.93. The molecule has 3 aromatic rings. The minimum atomic E-state index is -4.80. The first-order chi connectivity index (χ1) is 14.2. The van der Waals surface area contributed by atoms with Crippen molar-refractivity contribution in [2.75, 3.05) is 5.32 Å². The van der Waals surface area contributed by atoms with E-state index in [-0.39, 0.29) is 11.7 Å². The average Bonchev–Trinajstić information content (AvgIpc) is 2.68. The number of anilines is 1. The third kappa shape index (κ3) is 3.87. The maximum absolute atomic E-state index is 14.6. The Morgan fingerprint density at radius 2 is 1.90 bits per heavy atom. The number of phenolic OH excluding ortho intramolecular Hbond substituents is 1. The molecule has 2 atom stereocenters. The van der Waals surface area contributed by atoms with Crippen LogP contribution in [0.3, 0.4) is 0 Å². The van der Waals surface area contributed by atoms with Gasteiger partial charge in [0.05, 0.1) is 17.2 Å². The zero-order valence-electron chi connectivity index (χ0n) is 15.6. The fraction of sp³-hybridized carbons (Fsp3) is 0.350. The van der Waals surface area contributed by atoms with Gasteiger partial charge in [-0.3, -0.25) is 4.98 Å². The highest BCUT2D eigenvalue weighted by Crippen LogP contribution is 2.40. The number of aromatic hydroxyl groups is 1. The van der Waals surface area contributed by atoms with Crippen molar-refractivity contribution in [2.45, 2.75) is 44.0 Å². The average molecular weight is 422 g/mol. The standard InChI is InChI=1S/C20H18F4N4O2/c21-15-6-10(20(22,23)24)7-16(30)17(15)18-13-4-5-25-9-14(13)19(28-27-18)26-11-2-1-3-12(29)8-11/h4-7,9,11-12,29-30H,1-3,8H2,(H,26,28)/t11-,12+/m1/s1. The van der Waals surface area contributed by atoms with Crippen molar-refractivity contribution in [1.29, 1.82) is 0 Å². The molecule has 1 aliphatic carbocycles. The summed E-state index contributed by atoms with van der Waals surface area (Å²) in [7, 11) is 0. The van der Waals surface area contributed by atoms with Gasteiger partial charge >= 0.3 is 6.18 Å². The Kier molecular flexibility index (Phi) is 5.19. The summed E-state index contributed by atoms with van der Waals surface area (Å²) in [5, 5.41) is 32.1. The number of alkyl halides is 3. The molecule has 0 saturated heterocycles. The number of hydrogen-bond acceptors (Lipinski definition) is 6. The highest BCUT2D eigenvalue weighted by Gasteiger charge is 2.33. The molecule has 0 aliphatic heterocycles. The third-order valence-electron chi connectivity index (χ3n) is 5.20.